The summed E-state index contributed by atoms with van der Waals surface area (Å²) in [4.78, 5) is 27.7. The summed E-state index contributed by atoms with van der Waals surface area (Å²) in [7, 11) is 1.60. The summed E-state index contributed by atoms with van der Waals surface area (Å²) in [6.45, 7) is 11.8. The Labute approximate surface area is 191 Å². The van der Waals surface area contributed by atoms with E-state index in [0.29, 0.717) is 11.5 Å². The first-order chi connectivity index (χ1) is 15.0. The number of carbonyl (C=O) groups is 2. The van der Waals surface area contributed by atoms with E-state index in [1.807, 2.05) is 69.3 Å². The van der Waals surface area contributed by atoms with Crippen molar-refractivity contribution >= 4 is 11.8 Å². The van der Waals surface area contributed by atoms with Crippen molar-refractivity contribution in [2.45, 2.75) is 65.6 Å². The van der Waals surface area contributed by atoms with E-state index < -0.39 is 11.6 Å². The predicted molar refractivity (Wildman–Crippen MR) is 127 cm³/mol. The number of hydrogen-bond donors (Lipinski definition) is 1. The van der Waals surface area contributed by atoms with Crippen molar-refractivity contribution in [2.75, 3.05) is 13.7 Å². The second-order valence-corrected chi connectivity index (χ2v) is 9.27. The molecule has 0 bridgehead atoms. The third-order valence-electron chi connectivity index (χ3n) is 5.04. The molecule has 0 fully saturated rings. The molecule has 2 rings (SSSR count). The van der Waals surface area contributed by atoms with Crippen LogP contribution < -0.4 is 14.8 Å². The molecule has 1 atom stereocenters. The number of nitrogens with one attached hydrogen (secondary N) is 1. The molecule has 0 unspecified atom stereocenters. The highest BCUT2D eigenvalue weighted by Crippen LogP contribution is 2.26. The van der Waals surface area contributed by atoms with Gasteiger partial charge in [-0.05, 0) is 62.9 Å². The standard InChI is InChI=1S/C26H36N2O4/c1-18(2)22-13-8-9-14-23(22)32-17-24(29)28(19(3)25(30)27-26(4,5)6)16-20-11-10-12-21(15-20)31-7/h8-15,18-19H,16-17H2,1-7H3,(H,27,30)/t19-/m1/s1. The minimum absolute atomic E-state index is 0.152. The third-order valence-corrected chi connectivity index (χ3v) is 5.04. The number of rotatable bonds is 9. The van der Waals surface area contributed by atoms with Crippen molar-refractivity contribution in [1.29, 1.82) is 0 Å². The molecule has 6 nitrogen and oxygen atoms in total. The van der Waals surface area contributed by atoms with Crippen LogP contribution in [0.2, 0.25) is 0 Å². The Kier molecular flexibility index (Phi) is 8.70. The van der Waals surface area contributed by atoms with Crippen LogP contribution >= 0.6 is 0 Å². The third kappa shape index (κ3) is 7.29. The second-order valence-electron chi connectivity index (χ2n) is 9.27. The van der Waals surface area contributed by atoms with Crippen LogP contribution in [0.25, 0.3) is 0 Å². The van der Waals surface area contributed by atoms with Crippen molar-refractivity contribution in [2.24, 2.45) is 0 Å². The van der Waals surface area contributed by atoms with Gasteiger partial charge >= 0.3 is 0 Å². The average Bonchev–Trinajstić information content (AvgIpc) is 2.74. The van der Waals surface area contributed by atoms with Crippen molar-refractivity contribution in [1.82, 2.24) is 10.2 Å². The molecule has 0 aliphatic heterocycles. The molecule has 0 heterocycles. The van der Waals surface area contributed by atoms with Crippen molar-refractivity contribution in [3.05, 3.63) is 59.7 Å². The molecule has 6 heteroatoms. The zero-order valence-electron chi connectivity index (χ0n) is 20.3. The van der Waals surface area contributed by atoms with Crippen molar-refractivity contribution < 1.29 is 19.1 Å². The first-order valence-electron chi connectivity index (χ1n) is 11.0. The Balaban J connectivity index is 2.24. The van der Waals surface area contributed by atoms with Gasteiger partial charge in [0, 0.05) is 12.1 Å². The largest absolute Gasteiger partial charge is 0.497 e. The minimum atomic E-state index is -0.670. The quantitative estimate of drug-likeness (QED) is 0.622. The maximum absolute atomic E-state index is 13.3. The molecular weight excluding hydrogens is 404 g/mol. The molecule has 0 spiro atoms. The Bertz CT molecular complexity index is 918. The van der Waals surface area contributed by atoms with Crippen LogP contribution in [-0.2, 0) is 16.1 Å². The van der Waals surface area contributed by atoms with E-state index in [0.717, 1.165) is 11.1 Å². The average molecular weight is 441 g/mol. The Morgan fingerprint density at radius 2 is 1.72 bits per heavy atom. The fraction of sp³-hybridized carbons (Fsp3) is 0.462. The van der Waals surface area contributed by atoms with Gasteiger partial charge in [0.2, 0.25) is 5.91 Å². The molecule has 0 aromatic heterocycles. The fourth-order valence-corrected chi connectivity index (χ4v) is 3.34. The molecule has 1 N–H and O–H groups in total. The van der Waals surface area contributed by atoms with E-state index in [-0.39, 0.29) is 30.9 Å². The maximum Gasteiger partial charge on any atom is 0.261 e. The van der Waals surface area contributed by atoms with Crippen LogP contribution in [0, 0.1) is 0 Å². The van der Waals surface area contributed by atoms with E-state index in [4.69, 9.17) is 9.47 Å². The summed E-state index contributed by atoms with van der Waals surface area (Å²) in [5, 5.41) is 2.96. The number of benzene rings is 2. The lowest BCUT2D eigenvalue weighted by molar-refractivity contribution is -0.142. The zero-order chi connectivity index (χ0) is 23.9. The molecule has 2 aromatic carbocycles. The number of carbonyl (C=O) groups excluding carboxylic acids is 2. The molecule has 32 heavy (non-hydrogen) atoms. The number of amides is 2. The van der Waals surface area contributed by atoms with Crippen LogP contribution in [0.3, 0.4) is 0 Å². The van der Waals surface area contributed by atoms with E-state index in [1.165, 1.54) is 0 Å². The highest BCUT2D eigenvalue weighted by atomic mass is 16.5. The van der Waals surface area contributed by atoms with E-state index >= 15 is 0 Å². The number of nitrogens with zero attached hydrogens (tertiary/aromatic N) is 1. The second kappa shape index (κ2) is 11.0. The zero-order valence-corrected chi connectivity index (χ0v) is 20.3. The van der Waals surface area contributed by atoms with E-state index in [2.05, 4.69) is 19.2 Å². The molecule has 0 radical (unpaired) electrons. The van der Waals surface area contributed by atoms with Crippen LogP contribution in [0.4, 0.5) is 0 Å². The van der Waals surface area contributed by atoms with Crippen LogP contribution in [0.15, 0.2) is 48.5 Å². The van der Waals surface area contributed by atoms with Gasteiger partial charge in [0.05, 0.1) is 7.11 Å². The molecule has 2 aromatic rings. The van der Waals surface area contributed by atoms with E-state index in [9.17, 15) is 9.59 Å². The van der Waals surface area contributed by atoms with Gasteiger partial charge in [-0.1, -0.05) is 44.2 Å². The van der Waals surface area contributed by atoms with Gasteiger partial charge in [0.15, 0.2) is 6.61 Å². The lowest BCUT2D eigenvalue weighted by Gasteiger charge is -2.31. The maximum atomic E-state index is 13.3. The number of hydrogen-bond acceptors (Lipinski definition) is 4. The summed E-state index contributed by atoms with van der Waals surface area (Å²) >= 11 is 0. The Hall–Kier alpha value is -3.02. The van der Waals surface area contributed by atoms with Crippen LogP contribution in [-0.4, -0.2) is 42.0 Å². The number of para-hydroxylation sites is 1. The van der Waals surface area contributed by atoms with Gasteiger partial charge < -0.3 is 19.7 Å². The highest BCUT2D eigenvalue weighted by Gasteiger charge is 2.29. The van der Waals surface area contributed by atoms with Crippen molar-refractivity contribution in [3.63, 3.8) is 0 Å². The monoisotopic (exact) mass is 440 g/mol. The van der Waals surface area contributed by atoms with Gasteiger partial charge in [-0.25, -0.2) is 0 Å². The van der Waals surface area contributed by atoms with Crippen molar-refractivity contribution in [3.8, 4) is 11.5 Å². The summed E-state index contributed by atoms with van der Waals surface area (Å²) in [5.41, 5.74) is 1.51. The highest BCUT2D eigenvalue weighted by molar-refractivity contribution is 5.88. The summed E-state index contributed by atoms with van der Waals surface area (Å²) < 4.78 is 11.2. The molecule has 0 aliphatic carbocycles. The summed E-state index contributed by atoms with van der Waals surface area (Å²) in [6.07, 6.45) is 0. The normalized spacial score (nSPS) is 12.2. The molecule has 2 amide bonds. The molecule has 0 saturated carbocycles. The Morgan fingerprint density at radius 3 is 2.34 bits per heavy atom. The Morgan fingerprint density at radius 1 is 1.03 bits per heavy atom. The summed E-state index contributed by atoms with van der Waals surface area (Å²) in [6, 6.07) is 14.5. The number of methoxy groups -OCH3 is 1. The molecule has 174 valence electrons. The first-order valence-corrected chi connectivity index (χ1v) is 11.0. The smallest absolute Gasteiger partial charge is 0.261 e. The minimum Gasteiger partial charge on any atom is -0.497 e. The van der Waals surface area contributed by atoms with E-state index in [1.54, 1.807) is 18.9 Å². The molecule has 0 aliphatic rings. The van der Waals surface area contributed by atoms with Gasteiger partial charge in [-0.15, -0.1) is 0 Å². The van der Waals surface area contributed by atoms with Gasteiger partial charge in [0.1, 0.15) is 17.5 Å². The lowest BCUT2D eigenvalue weighted by atomic mass is 10.0. The summed E-state index contributed by atoms with van der Waals surface area (Å²) in [5.74, 6) is 1.18. The number of ether oxygens (including phenoxy) is 2. The van der Waals surface area contributed by atoms with Gasteiger partial charge in [0.25, 0.3) is 5.91 Å². The van der Waals surface area contributed by atoms with Crippen LogP contribution in [0.5, 0.6) is 11.5 Å². The molecule has 0 saturated heterocycles. The predicted octanol–water partition coefficient (Wildman–Crippen LogP) is 4.53. The fourth-order valence-electron chi connectivity index (χ4n) is 3.34. The SMILES string of the molecule is COc1cccc(CN(C(=O)COc2ccccc2C(C)C)[C@H](C)C(=O)NC(C)(C)C)c1. The first kappa shape index (κ1) is 25.2. The van der Waals surface area contributed by atoms with Gasteiger partial charge in [-0.2, -0.15) is 0 Å². The lowest BCUT2D eigenvalue weighted by Crippen LogP contribution is -2.53. The van der Waals surface area contributed by atoms with Crippen LogP contribution in [0.1, 0.15) is 58.6 Å². The van der Waals surface area contributed by atoms with Gasteiger partial charge in [-0.3, -0.25) is 9.59 Å². The topological polar surface area (TPSA) is 67.9 Å². The molecular formula is C26H36N2O4.